The van der Waals surface area contributed by atoms with Crippen molar-refractivity contribution in [1.29, 1.82) is 0 Å². The third-order valence-electron chi connectivity index (χ3n) is 4.02. The summed E-state index contributed by atoms with van der Waals surface area (Å²) in [5.74, 6) is 0.209. The molecule has 0 atom stereocenters. The van der Waals surface area contributed by atoms with Crippen LogP contribution in [0.2, 0.25) is 0 Å². The molecule has 0 N–H and O–H groups in total. The van der Waals surface area contributed by atoms with E-state index in [0.29, 0.717) is 12.4 Å². The molecule has 0 saturated heterocycles. The molecule has 0 amide bonds. The van der Waals surface area contributed by atoms with Gasteiger partial charge in [0.25, 0.3) is 0 Å². The monoisotopic (exact) mass is 405 g/mol. The second kappa shape index (κ2) is 8.49. The summed E-state index contributed by atoms with van der Waals surface area (Å²) in [6, 6.07) is 12.9. The molecule has 0 aliphatic carbocycles. The zero-order valence-electron chi connectivity index (χ0n) is 15.5. The minimum absolute atomic E-state index is 0.106. The van der Waals surface area contributed by atoms with E-state index < -0.39 is 21.6 Å². The quantitative estimate of drug-likeness (QED) is 0.572. The first-order valence-electron chi connectivity index (χ1n) is 8.62. The number of aromatic nitrogens is 2. The van der Waals surface area contributed by atoms with Crippen LogP contribution in [0, 0.1) is 5.82 Å². The third-order valence-corrected chi connectivity index (χ3v) is 5.77. The molecular weight excluding hydrogens is 385 g/mol. The van der Waals surface area contributed by atoms with Gasteiger partial charge in [0.15, 0.2) is 0 Å². The van der Waals surface area contributed by atoms with Gasteiger partial charge in [0.05, 0.1) is 18.9 Å². The Kier molecular flexibility index (Phi) is 6.05. The van der Waals surface area contributed by atoms with E-state index in [4.69, 9.17) is 9.26 Å². The number of ether oxygens (including phenoxy) is 1. The van der Waals surface area contributed by atoms with Gasteiger partial charge < -0.3 is 9.26 Å². The first-order chi connectivity index (χ1) is 13.4. The van der Waals surface area contributed by atoms with Gasteiger partial charge in [0.1, 0.15) is 11.6 Å². The molecule has 0 unspecified atom stereocenters. The topological polar surface area (TPSA) is 85.5 Å². The second-order valence-corrected chi connectivity index (χ2v) is 8.15. The van der Waals surface area contributed by atoms with E-state index in [9.17, 15) is 12.8 Å². The molecule has 0 aliphatic heterocycles. The molecular formula is C19H20FN3O4S. The summed E-state index contributed by atoms with van der Waals surface area (Å²) in [6.07, 6.45) is 0. The Morgan fingerprint density at radius 1 is 1.14 bits per heavy atom. The summed E-state index contributed by atoms with van der Waals surface area (Å²) >= 11 is 0. The fourth-order valence-corrected chi connectivity index (χ4v) is 3.67. The van der Waals surface area contributed by atoms with Gasteiger partial charge in [-0.25, -0.2) is 12.8 Å². The van der Waals surface area contributed by atoms with Gasteiger partial charge in [-0.3, -0.25) is 0 Å². The van der Waals surface area contributed by atoms with Gasteiger partial charge in [0.2, 0.25) is 21.7 Å². The van der Waals surface area contributed by atoms with Crippen molar-refractivity contribution in [2.75, 3.05) is 13.7 Å². The lowest BCUT2D eigenvalue weighted by Gasteiger charge is -2.15. The molecule has 9 heteroatoms. The first kappa shape index (κ1) is 20.0. The van der Waals surface area contributed by atoms with Crippen molar-refractivity contribution < 1.29 is 22.1 Å². The van der Waals surface area contributed by atoms with E-state index >= 15 is 0 Å². The Labute approximate surface area is 162 Å². The molecule has 0 saturated carbocycles. The Morgan fingerprint density at radius 3 is 2.54 bits per heavy atom. The van der Waals surface area contributed by atoms with Crippen molar-refractivity contribution in [3.05, 3.63) is 65.8 Å². The number of halogens is 1. The van der Waals surface area contributed by atoms with Crippen molar-refractivity contribution in [2.24, 2.45) is 0 Å². The van der Waals surface area contributed by atoms with Crippen molar-refractivity contribution in [3.63, 3.8) is 0 Å². The zero-order chi connectivity index (χ0) is 20.1. The van der Waals surface area contributed by atoms with Crippen LogP contribution in [-0.2, 0) is 22.3 Å². The Balaban J connectivity index is 1.69. The van der Waals surface area contributed by atoms with Crippen molar-refractivity contribution in [3.8, 4) is 17.1 Å². The fourth-order valence-electron chi connectivity index (χ4n) is 2.51. The molecule has 0 fully saturated rings. The van der Waals surface area contributed by atoms with Gasteiger partial charge in [-0.2, -0.15) is 9.29 Å². The zero-order valence-corrected chi connectivity index (χ0v) is 16.3. The summed E-state index contributed by atoms with van der Waals surface area (Å²) in [5.41, 5.74) is 0.824. The van der Waals surface area contributed by atoms with Crippen molar-refractivity contribution in [2.45, 2.75) is 19.2 Å². The van der Waals surface area contributed by atoms with Gasteiger partial charge in [-0.05, 0) is 37.3 Å². The second-order valence-electron chi connectivity index (χ2n) is 6.07. The maximum absolute atomic E-state index is 13.7. The lowest BCUT2D eigenvalue weighted by atomic mass is 10.2. The van der Waals surface area contributed by atoms with Gasteiger partial charge >= 0.3 is 0 Å². The highest BCUT2D eigenvalue weighted by Gasteiger charge is 2.23. The van der Waals surface area contributed by atoms with E-state index in [0.717, 1.165) is 15.6 Å². The minimum atomic E-state index is -3.75. The highest BCUT2D eigenvalue weighted by molar-refractivity contribution is 7.88. The molecule has 7 nitrogen and oxygen atoms in total. The first-order valence-corrected chi connectivity index (χ1v) is 10.2. The highest BCUT2D eigenvalue weighted by Crippen LogP contribution is 2.21. The van der Waals surface area contributed by atoms with Crippen LogP contribution in [0.25, 0.3) is 11.4 Å². The molecule has 1 heterocycles. The summed E-state index contributed by atoms with van der Waals surface area (Å²) in [5, 5.41) is 3.89. The lowest BCUT2D eigenvalue weighted by molar-refractivity contribution is 0.336. The number of rotatable bonds is 8. The number of hydrogen-bond donors (Lipinski definition) is 0. The van der Waals surface area contributed by atoms with E-state index in [-0.39, 0.29) is 18.0 Å². The SMILES string of the molecule is CCOc1ccc(-c2noc(CN(C)S(=O)(=O)Cc3ccccc3F)n2)cc1. The number of hydrogen-bond acceptors (Lipinski definition) is 6. The van der Waals surface area contributed by atoms with Crippen molar-refractivity contribution in [1.82, 2.24) is 14.4 Å². The van der Waals surface area contributed by atoms with Crippen LogP contribution in [0.5, 0.6) is 5.75 Å². The van der Waals surface area contributed by atoms with Crippen LogP contribution in [-0.4, -0.2) is 36.5 Å². The maximum atomic E-state index is 13.7. The number of benzene rings is 2. The third kappa shape index (κ3) is 4.73. The van der Waals surface area contributed by atoms with Crippen LogP contribution in [0.3, 0.4) is 0 Å². The van der Waals surface area contributed by atoms with Crippen LogP contribution >= 0.6 is 0 Å². The predicted octanol–water partition coefficient (Wildman–Crippen LogP) is 3.24. The van der Waals surface area contributed by atoms with Gasteiger partial charge in [-0.1, -0.05) is 23.4 Å². The Hall–Kier alpha value is -2.78. The van der Waals surface area contributed by atoms with Crippen LogP contribution < -0.4 is 4.74 Å². The molecule has 3 rings (SSSR count). The summed E-state index contributed by atoms with van der Waals surface area (Å²) < 4.78 is 50.3. The normalized spacial score (nSPS) is 11.7. The molecule has 0 spiro atoms. The van der Waals surface area contributed by atoms with E-state index in [2.05, 4.69) is 10.1 Å². The number of sulfonamides is 1. The standard InChI is InChI=1S/C19H20FN3O4S/c1-3-26-16-10-8-14(9-11-16)19-21-18(27-22-19)12-23(2)28(24,25)13-15-6-4-5-7-17(15)20/h4-11H,3,12-13H2,1-2H3. The smallest absolute Gasteiger partial charge is 0.242 e. The van der Waals surface area contributed by atoms with Crippen molar-refractivity contribution >= 4 is 10.0 Å². The Bertz CT molecular complexity index is 1040. The fraction of sp³-hybridized carbons (Fsp3) is 0.263. The molecule has 0 bridgehead atoms. The number of nitrogens with zero attached hydrogens (tertiary/aromatic N) is 3. The van der Waals surface area contributed by atoms with Gasteiger partial charge in [-0.15, -0.1) is 0 Å². The Morgan fingerprint density at radius 2 is 1.86 bits per heavy atom. The molecule has 148 valence electrons. The lowest BCUT2D eigenvalue weighted by Crippen LogP contribution is -2.28. The van der Waals surface area contributed by atoms with E-state index in [1.165, 1.54) is 25.2 Å². The maximum Gasteiger partial charge on any atom is 0.242 e. The van der Waals surface area contributed by atoms with E-state index in [1.807, 2.05) is 6.92 Å². The van der Waals surface area contributed by atoms with Crippen LogP contribution in [0.4, 0.5) is 4.39 Å². The van der Waals surface area contributed by atoms with Crippen LogP contribution in [0.1, 0.15) is 18.4 Å². The molecule has 28 heavy (non-hydrogen) atoms. The largest absolute Gasteiger partial charge is 0.494 e. The van der Waals surface area contributed by atoms with Crippen LogP contribution in [0.15, 0.2) is 53.1 Å². The minimum Gasteiger partial charge on any atom is -0.494 e. The summed E-state index contributed by atoms with van der Waals surface area (Å²) in [4.78, 5) is 4.24. The molecule has 2 aromatic carbocycles. The van der Waals surface area contributed by atoms with E-state index in [1.54, 1.807) is 30.3 Å². The average Bonchev–Trinajstić information content (AvgIpc) is 3.13. The predicted molar refractivity (Wildman–Crippen MR) is 101 cm³/mol. The molecule has 0 aliphatic rings. The summed E-state index contributed by atoms with van der Waals surface area (Å²) in [6.45, 7) is 2.36. The molecule has 3 aromatic rings. The molecule has 0 radical (unpaired) electrons. The van der Waals surface area contributed by atoms with Gasteiger partial charge in [0, 0.05) is 18.2 Å². The highest BCUT2D eigenvalue weighted by atomic mass is 32.2. The molecule has 1 aromatic heterocycles. The summed E-state index contributed by atoms with van der Waals surface area (Å²) in [7, 11) is -2.37. The average molecular weight is 405 g/mol.